The van der Waals surface area contributed by atoms with Crippen LogP contribution in [0, 0.1) is 0 Å². The Bertz CT molecular complexity index is 314. The molecule has 0 aromatic heterocycles. The van der Waals surface area contributed by atoms with E-state index in [0.29, 0.717) is 6.54 Å². The summed E-state index contributed by atoms with van der Waals surface area (Å²) < 4.78 is 5.60. The summed E-state index contributed by atoms with van der Waals surface area (Å²) in [6.45, 7) is 5.38. The summed E-state index contributed by atoms with van der Waals surface area (Å²) >= 11 is 0. The molecular weight excluding hydrogens is 260 g/mol. The predicted molar refractivity (Wildman–Crippen MR) is 75.7 cm³/mol. The molecule has 1 heterocycles. The van der Waals surface area contributed by atoms with E-state index in [1.807, 2.05) is 13.8 Å². The number of amides is 2. The lowest BCUT2D eigenvalue weighted by Gasteiger charge is -2.27. The van der Waals surface area contributed by atoms with Crippen molar-refractivity contribution in [2.24, 2.45) is 0 Å². The van der Waals surface area contributed by atoms with Crippen molar-refractivity contribution in [3.63, 3.8) is 0 Å². The lowest BCUT2D eigenvalue weighted by Crippen LogP contribution is -2.45. The standard InChI is InChI=1S/C14H26N2O4/c1-11(2)16(9-7-13(17)18)14(19)15-8-6-12-5-3-4-10-20-12/h11-12H,3-10H2,1-2H3,(H,15,19)(H,17,18). The van der Waals surface area contributed by atoms with Crippen LogP contribution in [-0.4, -0.2) is 53.8 Å². The van der Waals surface area contributed by atoms with Gasteiger partial charge in [-0.15, -0.1) is 0 Å². The van der Waals surface area contributed by atoms with Crippen molar-refractivity contribution in [3.05, 3.63) is 0 Å². The second-order valence-corrected chi connectivity index (χ2v) is 5.44. The monoisotopic (exact) mass is 286 g/mol. The van der Waals surface area contributed by atoms with E-state index in [2.05, 4.69) is 5.32 Å². The Hall–Kier alpha value is -1.30. The van der Waals surface area contributed by atoms with Gasteiger partial charge in [-0.05, 0) is 39.5 Å². The summed E-state index contributed by atoms with van der Waals surface area (Å²) in [6, 6.07) is -0.211. The topological polar surface area (TPSA) is 78.9 Å². The number of ether oxygens (including phenoxy) is 1. The Labute approximate surface area is 120 Å². The molecule has 20 heavy (non-hydrogen) atoms. The van der Waals surface area contributed by atoms with Gasteiger partial charge in [-0.3, -0.25) is 4.79 Å². The second kappa shape index (κ2) is 8.79. The van der Waals surface area contributed by atoms with Crippen LogP contribution >= 0.6 is 0 Å². The zero-order valence-electron chi connectivity index (χ0n) is 12.4. The van der Waals surface area contributed by atoms with Crippen LogP contribution in [0.3, 0.4) is 0 Å². The van der Waals surface area contributed by atoms with Crippen molar-refractivity contribution >= 4 is 12.0 Å². The number of carboxylic acid groups (broad SMARTS) is 1. The molecule has 1 fully saturated rings. The largest absolute Gasteiger partial charge is 0.481 e. The maximum Gasteiger partial charge on any atom is 0.317 e. The van der Waals surface area contributed by atoms with Crippen molar-refractivity contribution in [1.29, 1.82) is 0 Å². The SMILES string of the molecule is CC(C)N(CCC(=O)O)C(=O)NCCC1CCCCO1. The summed E-state index contributed by atoms with van der Waals surface area (Å²) in [6.07, 6.45) is 4.40. The van der Waals surface area contributed by atoms with E-state index in [9.17, 15) is 9.59 Å². The number of carboxylic acids is 1. The number of carbonyl (C=O) groups excluding carboxylic acids is 1. The van der Waals surface area contributed by atoms with E-state index in [1.54, 1.807) is 4.90 Å². The lowest BCUT2D eigenvalue weighted by molar-refractivity contribution is -0.137. The van der Waals surface area contributed by atoms with Gasteiger partial charge in [-0.1, -0.05) is 0 Å². The number of rotatable bonds is 7. The van der Waals surface area contributed by atoms with Crippen molar-refractivity contribution in [3.8, 4) is 0 Å². The highest BCUT2D eigenvalue weighted by atomic mass is 16.5. The van der Waals surface area contributed by atoms with Crippen molar-refractivity contribution < 1.29 is 19.4 Å². The summed E-state index contributed by atoms with van der Waals surface area (Å²) in [5.41, 5.74) is 0. The van der Waals surface area contributed by atoms with Crippen LogP contribution in [-0.2, 0) is 9.53 Å². The average Bonchev–Trinajstić information content (AvgIpc) is 2.39. The Morgan fingerprint density at radius 3 is 2.70 bits per heavy atom. The van der Waals surface area contributed by atoms with Gasteiger partial charge in [0.05, 0.1) is 12.5 Å². The van der Waals surface area contributed by atoms with Gasteiger partial charge >= 0.3 is 12.0 Å². The minimum Gasteiger partial charge on any atom is -0.481 e. The van der Waals surface area contributed by atoms with E-state index in [1.165, 1.54) is 6.42 Å². The van der Waals surface area contributed by atoms with Gasteiger partial charge < -0.3 is 20.1 Å². The van der Waals surface area contributed by atoms with Crippen LogP contribution < -0.4 is 5.32 Å². The molecule has 0 aromatic rings. The molecule has 1 atom stereocenters. The highest BCUT2D eigenvalue weighted by molar-refractivity contribution is 5.75. The van der Waals surface area contributed by atoms with E-state index >= 15 is 0 Å². The molecule has 0 bridgehead atoms. The number of hydrogen-bond donors (Lipinski definition) is 2. The maximum absolute atomic E-state index is 12.0. The molecule has 0 aliphatic carbocycles. The van der Waals surface area contributed by atoms with Crippen LogP contribution in [0.15, 0.2) is 0 Å². The first kappa shape index (κ1) is 16.8. The van der Waals surface area contributed by atoms with Crippen LogP contribution in [0.25, 0.3) is 0 Å². The molecule has 2 amide bonds. The summed E-state index contributed by atoms with van der Waals surface area (Å²) in [5, 5.41) is 11.5. The van der Waals surface area contributed by atoms with Crippen LogP contribution in [0.1, 0.15) is 46.0 Å². The number of urea groups is 1. The first-order chi connectivity index (χ1) is 9.50. The number of carbonyl (C=O) groups is 2. The van der Waals surface area contributed by atoms with Crippen molar-refractivity contribution in [2.45, 2.75) is 58.1 Å². The third-order valence-electron chi connectivity index (χ3n) is 3.47. The average molecular weight is 286 g/mol. The minimum atomic E-state index is -0.890. The normalized spacial score (nSPS) is 18.9. The number of nitrogens with one attached hydrogen (secondary N) is 1. The Morgan fingerprint density at radius 2 is 2.15 bits per heavy atom. The third-order valence-corrected chi connectivity index (χ3v) is 3.47. The zero-order valence-corrected chi connectivity index (χ0v) is 12.4. The highest BCUT2D eigenvalue weighted by Gasteiger charge is 2.18. The number of hydrogen-bond acceptors (Lipinski definition) is 3. The fourth-order valence-electron chi connectivity index (χ4n) is 2.29. The quantitative estimate of drug-likeness (QED) is 0.748. The molecule has 6 heteroatoms. The van der Waals surface area contributed by atoms with Crippen LogP contribution in [0.2, 0.25) is 0 Å². The van der Waals surface area contributed by atoms with Gasteiger partial charge in [0, 0.05) is 25.7 Å². The van der Waals surface area contributed by atoms with Crippen LogP contribution in [0.4, 0.5) is 4.79 Å². The van der Waals surface area contributed by atoms with Crippen molar-refractivity contribution in [1.82, 2.24) is 10.2 Å². The molecule has 116 valence electrons. The first-order valence-corrected chi connectivity index (χ1v) is 7.38. The molecule has 1 saturated heterocycles. The van der Waals surface area contributed by atoms with Gasteiger partial charge in [-0.2, -0.15) is 0 Å². The van der Waals surface area contributed by atoms with E-state index in [0.717, 1.165) is 25.9 Å². The first-order valence-electron chi connectivity index (χ1n) is 7.38. The van der Waals surface area contributed by atoms with E-state index < -0.39 is 5.97 Å². The molecule has 6 nitrogen and oxygen atoms in total. The summed E-state index contributed by atoms with van der Waals surface area (Å²) in [5.74, 6) is -0.890. The maximum atomic E-state index is 12.0. The minimum absolute atomic E-state index is 0.0136. The molecule has 1 unspecified atom stereocenters. The molecule has 0 aromatic carbocycles. The molecule has 1 aliphatic heterocycles. The van der Waals surface area contributed by atoms with E-state index in [-0.39, 0.29) is 31.1 Å². The zero-order chi connectivity index (χ0) is 15.0. The molecule has 0 radical (unpaired) electrons. The molecule has 1 rings (SSSR count). The second-order valence-electron chi connectivity index (χ2n) is 5.44. The Morgan fingerprint density at radius 1 is 1.40 bits per heavy atom. The van der Waals surface area contributed by atoms with Gasteiger partial charge in [0.15, 0.2) is 0 Å². The van der Waals surface area contributed by atoms with Gasteiger partial charge in [0.25, 0.3) is 0 Å². The fourth-order valence-corrected chi connectivity index (χ4v) is 2.29. The highest BCUT2D eigenvalue weighted by Crippen LogP contribution is 2.14. The smallest absolute Gasteiger partial charge is 0.317 e. The van der Waals surface area contributed by atoms with Gasteiger partial charge in [-0.25, -0.2) is 4.79 Å². The fraction of sp³-hybridized carbons (Fsp3) is 0.857. The molecule has 1 aliphatic rings. The third kappa shape index (κ3) is 6.23. The van der Waals surface area contributed by atoms with Crippen molar-refractivity contribution in [2.75, 3.05) is 19.7 Å². The summed E-state index contributed by atoms with van der Waals surface area (Å²) in [7, 11) is 0. The van der Waals surface area contributed by atoms with Gasteiger partial charge in [0.2, 0.25) is 0 Å². The molecular formula is C14H26N2O4. The summed E-state index contributed by atoms with van der Waals surface area (Å²) in [4.78, 5) is 24.2. The number of aliphatic carboxylic acids is 1. The lowest BCUT2D eigenvalue weighted by atomic mass is 10.1. The van der Waals surface area contributed by atoms with E-state index in [4.69, 9.17) is 9.84 Å². The molecule has 2 N–H and O–H groups in total. The molecule has 0 saturated carbocycles. The predicted octanol–water partition coefficient (Wildman–Crippen LogP) is 1.84. The molecule has 0 spiro atoms. The Kier molecular flexibility index (Phi) is 7.36. The van der Waals surface area contributed by atoms with Gasteiger partial charge in [0.1, 0.15) is 0 Å². The Balaban J connectivity index is 2.28. The van der Waals surface area contributed by atoms with Crippen LogP contribution in [0.5, 0.6) is 0 Å². The number of nitrogens with zero attached hydrogens (tertiary/aromatic N) is 1.